The minimum absolute atomic E-state index is 0.282. The van der Waals surface area contributed by atoms with Gasteiger partial charge in [-0.15, -0.1) is 0 Å². The van der Waals surface area contributed by atoms with Gasteiger partial charge in [0.15, 0.2) is 6.61 Å². The number of aromatic nitrogens is 1. The summed E-state index contributed by atoms with van der Waals surface area (Å²) in [5.74, 6) is -1.08. The highest BCUT2D eigenvalue weighted by molar-refractivity contribution is 5.99. The van der Waals surface area contributed by atoms with Crippen LogP contribution in [-0.4, -0.2) is 47.9 Å². The lowest BCUT2D eigenvalue weighted by Crippen LogP contribution is -2.23. The first-order chi connectivity index (χ1) is 9.38. The van der Waals surface area contributed by atoms with Crippen molar-refractivity contribution in [3.63, 3.8) is 0 Å². The molecule has 1 N–H and O–H groups in total. The number of aryl methyl sites for hydroxylation is 1. The molecule has 112 valence electrons. The maximum Gasteiger partial charge on any atom is 0.335 e. The minimum atomic E-state index is -1.23. The van der Waals surface area contributed by atoms with E-state index in [1.807, 2.05) is 18.4 Å². The van der Waals surface area contributed by atoms with Crippen molar-refractivity contribution < 1.29 is 24.2 Å². The number of ketones is 1. The van der Waals surface area contributed by atoms with Crippen LogP contribution in [0.25, 0.3) is 0 Å². The Kier molecular flexibility index (Phi) is 5.91. The van der Waals surface area contributed by atoms with Crippen LogP contribution in [0.2, 0.25) is 0 Å². The molecule has 0 amide bonds. The summed E-state index contributed by atoms with van der Waals surface area (Å²) in [7, 11) is 1.62. The summed E-state index contributed by atoms with van der Waals surface area (Å²) in [5, 5.41) is 9.00. The SMILES string of the molecule is COCCn1c(C)cc(C(=O)COC(=O)[C@@H](C)O)c1C. The molecule has 6 heteroatoms. The third-order valence-corrected chi connectivity index (χ3v) is 3.08. The molecule has 0 spiro atoms. The molecule has 0 unspecified atom stereocenters. The normalized spacial score (nSPS) is 12.2. The lowest BCUT2D eigenvalue weighted by molar-refractivity contribution is -0.151. The summed E-state index contributed by atoms with van der Waals surface area (Å²) in [5.41, 5.74) is 2.29. The molecule has 6 nitrogen and oxygen atoms in total. The minimum Gasteiger partial charge on any atom is -0.455 e. The summed E-state index contributed by atoms with van der Waals surface area (Å²) in [4.78, 5) is 23.2. The second-order valence-electron chi connectivity index (χ2n) is 4.64. The number of hydrogen-bond acceptors (Lipinski definition) is 5. The molecule has 0 radical (unpaired) electrons. The molecule has 1 heterocycles. The van der Waals surface area contributed by atoms with E-state index in [1.165, 1.54) is 6.92 Å². The number of aliphatic hydroxyl groups is 1. The summed E-state index contributed by atoms with van der Waals surface area (Å²) in [6, 6.07) is 1.77. The second kappa shape index (κ2) is 7.21. The Morgan fingerprint density at radius 2 is 2.05 bits per heavy atom. The third-order valence-electron chi connectivity index (χ3n) is 3.08. The smallest absolute Gasteiger partial charge is 0.335 e. The number of aliphatic hydroxyl groups excluding tert-OH is 1. The van der Waals surface area contributed by atoms with Gasteiger partial charge in [-0.05, 0) is 26.8 Å². The van der Waals surface area contributed by atoms with Gasteiger partial charge in [-0.25, -0.2) is 4.79 Å². The van der Waals surface area contributed by atoms with Crippen molar-refractivity contribution in [2.75, 3.05) is 20.3 Å². The number of hydrogen-bond donors (Lipinski definition) is 1. The molecule has 0 fully saturated rings. The Labute approximate surface area is 118 Å². The average Bonchev–Trinajstić information content (AvgIpc) is 2.68. The predicted octanol–water partition coefficient (Wildman–Crippen LogP) is 0.858. The van der Waals surface area contributed by atoms with Gasteiger partial charge in [-0.2, -0.15) is 0 Å². The monoisotopic (exact) mass is 283 g/mol. The van der Waals surface area contributed by atoms with Crippen molar-refractivity contribution in [3.05, 3.63) is 23.0 Å². The van der Waals surface area contributed by atoms with Crippen LogP contribution in [0.4, 0.5) is 0 Å². The van der Waals surface area contributed by atoms with E-state index >= 15 is 0 Å². The molecule has 1 aromatic heterocycles. The van der Waals surface area contributed by atoms with Crippen LogP contribution in [0, 0.1) is 13.8 Å². The van der Waals surface area contributed by atoms with E-state index in [1.54, 1.807) is 13.2 Å². The van der Waals surface area contributed by atoms with Gasteiger partial charge >= 0.3 is 5.97 Å². The van der Waals surface area contributed by atoms with Crippen molar-refractivity contribution in [1.82, 2.24) is 4.57 Å². The second-order valence-corrected chi connectivity index (χ2v) is 4.64. The lowest BCUT2D eigenvalue weighted by atomic mass is 10.1. The fourth-order valence-electron chi connectivity index (χ4n) is 1.95. The van der Waals surface area contributed by atoms with Crippen LogP contribution >= 0.6 is 0 Å². The topological polar surface area (TPSA) is 77.8 Å². The van der Waals surface area contributed by atoms with Gasteiger partial charge in [0.2, 0.25) is 5.78 Å². The van der Waals surface area contributed by atoms with Crippen LogP contribution in [0.1, 0.15) is 28.7 Å². The first-order valence-electron chi connectivity index (χ1n) is 6.42. The van der Waals surface area contributed by atoms with Gasteiger partial charge in [-0.1, -0.05) is 0 Å². The summed E-state index contributed by atoms with van der Waals surface area (Å²) in [6.07, 6.45) is -1.23. The van der Waals surface area contributed by atoms with E-state index in [-0.39, 0.29) is 12.4 Å². The van der Waals surface area contributed by atoms with E-state index in [9.17, 15) is 9.59 Å². The van der Waals surface area contributed by atoms with E-state index in [2.05, 4.69) is 0 Å². The molecule has 1 aromatic rings. The van der Waals surface area contributed by atoms with Gasteiger partial charge in [0, 0.05) is 30.6 Å². The largest absolute Gasteiger partial charge is 0.455 e. The van der Waals surface area contributed by atoms with E-state index in [0.29, 0.717) is 18.7 Å². The quantitative estimate of drug-likeness (QED) is 0.593. The molecule has 0 aliphatic heterocycles. The molecular formula is C14H21NO5. The van der Waals surface area contributed by atoms with Gasteiger partial charge in [0.05, 0.1) is 6.61 Å². The first kappa shape index (κ1) is 16.4. The number of ether oxygens (including phenoxy) is 2. The highest BCUT2D eigenvalue weighted by Gasteiger charge is 2.18. The van der Waals surface area contributed by atoms with Crippen LogP contribution in [0.15, 0.2) is 6.07 Å². The van der Waals surface area contributed by atoms with Crippen molar-refractivity contribution >= 4 is 11.8 Å². The first-order valence-corrected chi connectivity index (χ1v) is 6.42. The molecule has 0 saturated heterocycles. The average molecular weight is 283 g/mol. The molecule has 0 bridgehead atoms. The highest BCUT2D eigenvalue weighted by atomic mass is 16.5. The zero-order valence-electron chi connectivity index (χ0n) is 12.3. The highest BCUT2D eigenvalue weighted by Crippen LogP contribution is 2.16. The zero-order chi connectivity index (χ0) is 15.3. The van der Waals surface area contributed by atoms with Gasteiger partial charge < -0.3 is 19.1 Å². The van der Waals surface area contributed by atoms with E-state index in [4.69, 9.17) is 14.6 Å². The number of carbonyl (C=O) groups is 2. The van der Waals surface area contributed by atoms with E-state index < -0.39 is 12.1 Å². The Morgan fingerprint density at radius 1 is 1.40 bits per heavy atom. The molecule has 0 aromatic carbocycles. The van der Waals surface area contributed by atoms with Crippen molar-refractivity contribution in [1.29, 1.82) is 0 Å². The Balaban J connectivity index is 2.76. The fourth-order valence-corrected chi connectivity index (χ4v) is 1.95. The molecule has 0 saturated carbocycles. The van der Waals surface area contributed by atoms with Crippen LogP contribution in [0.3, 0.4) is 0 Å². The number of rotatable bonds is 7. The van der Waals surface area contributed by atoms with Crippen LogP contribution < -0.4 is 0 Å². The van der Waals surface area contributed by atoms with Crippen molar-refractivity contribution in [3.8, 4) is 0 Å². The Hall–Kier alpha value is -1.66. The number of methoxy groups -OCH3 is 1. The van der Waals surface area contributed by atoms with Crippen LogP contribution in [0.5, 0.6) is 0 Å². The molecule has 0 aliphatic carbocycles. The summed E-state index contributed by atoms with van der Waals surface area (Å²) in [6.45, 7) is 5.89. The third kappa shape index (κ3) is 3.91. The van der Waals surface area contributed by atoms with E-state index in [0.717, 1.165) is 11.4 Å². The van der Waals surface area contributed by atoms with Crippen LogP contribution in [-0.2, 0) is 20.8 Å². The predicted molar refractivity (Wildman–Crippen MR) is 72.8 cm³/mol. The maximum absolute atomic E-state index is 12.0. The number of nitrogens with zero attached hydrogens (tertiary/aromatic N) is 1. The van der Waals surface area contributed by atoms with Crippen molar-refractivity contribution in [2.24, 2.45) is 0 Å². The Bertz CT molecular complexity index is 490. The van der Waals surface area contributed by atoms with Crippen molar-refractivity contribution in [2.45, 2.75) is 33.4 Å². The Morgan fingerprint density at radius 3 is 2.60 bits per heavy atom. The fraction of sp³-hybridized carbons (Fsp3) is 0.571. The van der Waals surface area contributed by atoms with Gasteiger partial charge in [-0.3, -0.25) is 4.79 Å². The van der Waals surface area contributed by atoms with Gasteiger partial charge in [0.1, 0.15) is 6.10 Å². The molecule has 1 atom stereocenters. The zero-order valence-corrected chi connectivity index (χ0v) is 12.3. The summed E-state index contributed by atoms with van der Waals surface area (Å²) >= 11 is 0. The maximum atomic E-state index is 12.0. The molecule has 1 rings (SSSR count). The molecule has 20 heavy (non-hydrogen) atoms. The number of esters is 1. The number of carbonyl (C=O) groups excluding carboxylic acids is 2. The van der Waals surface area contributed by atoms with Gasteiger partial charge in [0.25, 0.3) is 0 Å². The number of Topliss-reactive ketones (excluding diaryl/α,β-unsaturated/α-hetero) is 1. The molecular weight excluding hydrogens is 262 g/mol. The lowest BCUT2D eigenvalue weighted by Gasteiger charge is -2.09. The standard InChI is InChI=1S/C14H21NO5/c1-9-7-12(10(2)15(9)5-6-19-4)13(17)8-20-14(18)11(3)16/h7,11,16H,5-6,8H2,1-4H3/t11-/m1/s1. The summed E-state index contributed by atoms with van der Waals surface area (Å²) < 4.78 is 11.7. The molecule has 0 aliphatic rings.